The SMILES string of the molecule is CC1(C)C[C@H](Nc2nc(NCCc3ccon3)ncc2C#N)CC[C@@H]1O. The second-order valence-electron chi connectivity index (χ2n) is 7.36. The summed E-state index contributed by atoms with van der Waals surface area (Å²) in [7, 11) is 0. The highest BCUT2D eigenvalue weighted by Crippen LogP contribution is 2.36. The Kier molecular flexibility index (Phi) is 5.38. The first kappa shape index (κ1) is 18.1. The van der Waals surface area contributed by atoms with Crippen molar-refractivity contribution >= 4 is 11.8 Å². The molecule has 1 saturated carbocycles. The van der Waals surface area contributed by atoms with E-state index in [9.17, 15) is 10.4 Å². The standard InChI is InChI=1S/C18H24N6O2/c1-18(2)9-14(3-4-15(18)25)22-16-12(10-19)11-21-17(23-16)20-7-5-13-6-8-26-24-13/h6,8,11,14-15,25H,3-5,7,9H2,1-2H3,(H2,20,21,22,23)/t14-,15+/m1/s1. The fraction of sp³-hybridized carbons (Fsp3) is 0.556. The van der Waals surface area contributed by atoms with E-state index in [0.717, 1.165) is 25.0 Å². The number of anilines is 2. The van der Waals surface area contributed by atoms with Crippen LogP contribution in [0.25, 0.3) is 0 Å². The Bertz CT molecular complexity index is 768. The van der Waals surface area contributed by atoms with Crippen LogP contribution in [0.3, 0.4) is 0 Å². The third-order valence-electron chi connectivity index (χ3n) is 4.87. The minimum Gasteiger partial charge on any atom is -0.393 e. The van der Waals surface area contributed by atoms with Gasteiger partial charge in [-0.05, 0) is 24.7 Å². The van der Waals surface area contributed by atoms with Crippen LogP contribution in [0.15, 0.2) is 23.0 Å². The third-order valence-corrected chi connectivity index (χ3v) is 4.87. The van der Waals surface area contributed by atoms with E-state index in [1.807, 2.05) is 6.07 Å². The molecule has 1 fully saturated rings. The zero-order valence-electron chi connectivity index (χ0n) is 15.1. The van der Waals surface area contributed by atoms with E-state index in [1.54, 1.807) is 0 Å². The van der Waals surface area contributed by atoms with Crippen LogP contribution in [0, 0.1) is 16.7 Å². The normalized spacial score (nSPS) is 21.8. The van der Waals surface area contributed by atoms with Gasteiger partial charge in [0.2, 0.25) is 5.95 Å². The van der Waals surface area contributed by atoms with Crippen molar-refractivity contribution in [3.63, 3.8) is 0 Å². The summed E-state index contributed by atoms with van der Waals surface area (Å²) in [6, 6.07) is 4.11. The van der Waals surface area contributed by atoms with Crippen LogP contribution in [-0.2, 0) is 6.42 Å². The lowest BCUT2D eigenvalue weighted by Crippen LogP contribution is -2.41. The number of aliphatic hydroxyl groups is 1. The molecule has 0 unspecified atom stereocenters. The van der Waals surface area contributed by atoms with Crippen molar-refractivity contribution in [2.75, 3.05) is 17.2 Å². The van der Waals surface area contributed by atoms with E-state index in [4.69, 9.17) is 4.52 Å². The van der Waals surface area contributed by atoms with Crippen molar-refractivity contribution < 1.29 is 9.63 Å². The molecule has 1 aliphatic rings. The van der Waals surface area contributed by atoms with Gasteiger partial charge < -0.3 is 20.3 Å². The number of nitrogens with one attached hydrogen (secondary N) is 2. The molecule has 0 amide bonds. The molecule has 3 rings (SSSR count). The zero-order valence-corrected chi connectivity index (χ0v) is 15.1. The smallest absolute Gasteiger partial charge is 0.224 e. The van der Waals surface area contributed by atoms with Gasteiger partial charge in [-0.1, -0.05) is 19.0 Å². The van der Waals surface area contributed by atoms with Crippen molar-refractivity contribution in [1.82, 2.24) is 15.1 Å². The fourth-order valence-electron chi connectivity index (χ4n) is 3.27. The number of aliphatic hydroxyl groups excluding tert-OH is 1. The molecular weight excluding hydrogens is 332 g/mol. The van der Waals surface area contributed by atoms with Gasteiger partial charge in [0.05, 0.1) is 18.0 Å². The Hall–Kier alpha value is -2.66. The van der Waals surface area contributed by atoms with E-state index in [0.29, 0.717) is 30.3 Å². The number of nitriles is 1. The van der Waals surface area contributed by atoms with Crippen LogP contribution in [0.2, 0.25) is 0 Å². The van der Waals surface area contributed by atoms with E-state index in [-0.39, 0.29) is 17.6 Å². The lowest BCUT2D eigenvalue weighted by atomic mass is 9.73. The monoisotopic (exact) mass is 356 g/mol. The van der Waals surface area contributed by atoms with E-state index in [2.05, 4.69) is 45.7 Å². The number of hydrogen-bond donors (Lipinski definition) is 3. The molecule has 138 valence electrons. The summed E-state index contributed by atoms with van der Waals surface area (Å²) in [5.41, 5.74) is 1.11. The Labute approximate surface area is 152 Å². The van der Waals surface area contributed by atoms with E-state index < -0.39 is 0 Å². The van der Waals surface area contributed by atoms with Crippen molar-refractivity contribution in [3.05, 3.63) is 29.8 Å². The molecule has 0 radical (unpaired) electrons. The molecule has 0 aliphatic heterocycles. The third kappa shape index (κ3) is 4.29. The summed E-state index contributed by atoms with van der Waals surface area (Å²) < 4.78 is 4.80. The predicted octanol–water partition coefficient (Wildman–Crippen LogP) is 2.34. The predicted molar refractivity (Wildman–Crippen MR) is 96.5 cm³/mol. The molecule has 0 bridgehead atoms. The Morgan fingerprint density at radius 1 is 1.42 bits per heavy atom. The molecule has 8 heteroatoms. The van der Waals surface area contributed by atoms with E-state index in [1.165, 1.54) is 12.5 Å². The van der Waals surface area contributed by atoms with Crippen LogP contribution >= 0.6 is 0 Å². The molecule has 2 aromatic rings. The minimum atomic E-state index is -0.296. The fourth-order valence-corrected chi connectivity index (χ4v) is 3.27. The molecule has 2 atom stereocenters. The lowest BCUT2D eigenvalue weighted by Gasteiger charge is -2.40. The molecule has 3 N–H and O–H groups in total. The maximum Gasteiger partial charge on any atom is 0.224 e. The lowest BCUT2D eigenvalue weighted by molar-refractivity contribution is 0.00926. The van der Waals surface area contributed by atoms with E-state index >= 15 is 0 Å². The molecule has 0 saturated heterocycles. The highest BCUT2D eigenvalue weighted by molar-refractivity contribution is 5.54. The summed E-state index contributed by atoms with van der Waals surface area (Å²) in [6.07, 6.45) is 5.86. The van der Waals surface area contributed by atoms with Gasteiger partial charge in [-0.3, -0.25) is 0 Å². The van der Waals surface area contributed by atoms with Gasteiger partial charge in [0.25, 0.3) is 0 Å². The largest absolute Gasteiger partial charge is 0.393 e. The molecular formula is C18H24N6O2. The van der Waals surface area contributed by atoms with Crippen LogP contribution in [0.5, 0.6) is 0 Å². The van der Waals surface area contributed by atoms with Gasteiger partial charge in [-0.2, -0.15) is 10.2 Å². The second kappa shape index (κ2) is 7.70. The maximum absolute atomic E-state index is 10.1. The van der Waals surface area contributed by atoms with Crippen molar-refractivity contribution in [3.8, 4) is 6.07 Å². The Morgan fingerprint density at radius 3 is 2.96 bits per heavy atom. The molecule has 2 heterocycles. The highest BCUT2D eigenvalue weighted by Gasteiger charge is 2.35. The first-order valence-corrected chi connectivity index (χ1v) is 8.83. The van der Waals surface area contributed by atoms with Gasteiger partial charge in [0, 0.05) is 25.1 Å². The zero-order chi connectivity index (χ0) is 18.6. The first-order valence-electron chi connectivity index (χ1n) is 8.83. The maximum atomic E-state index is 10.1. The van der Waals surface area contributed by atoms with Crippen molar-refractivity contribution in [2.45, 2.75) is 51.7 Å². The van der Waals surface area contributed by atoms with Gasteiger partial charge >= 0.3 is 0 Å². The van der Waals surface area contributed by atoms with Crippen LogP contribution < -0.4 is 10.6 Å². The Morgan fingerprint density at radius 2 is 2.27 bits per heavy atom. The van der Waals surface area contributed by atoms with Crippen LogP contribution in [-0.4, -0.2) is 38.9 Å². The number of rotatable bonds is 6. The molecule has 0 aromatic carbocycles. The summed E-state index contributed by atoms with van der Waals surface area (Å²) in [5, 5.41) is 29.8. The second-order valence-corrected chi connectivity index (χ2v) is 7.36. The quantitative estimate of drug-likeness (QED) is 0.721. The van der Waals surface area contributed by atoms with Gasteiger partial charge in [-0.25, -0.2) is 4.98 Å². The van der Waals surface area contributed by atoms with Crippen molar-refractivity contribution in [2.24, 2.45) is 5.41 Å². The van der Waals surface area contributed by atoms with Crippen LogP contribution in [0.1, 0.15) is 44.4 Å². The molecule has 2 aromatic heterocycles. The highest BCUT2D eigenvalue weighted by atomic mass is 16.5. The average Bonchev–Trinajstić information content (AvgIpc) is 3.12. The molecule has 0 spiro atoms. The molecule has 8 nitrogen and oxygen atoms in total. The van der Waals surface area contributed by atoms with Gasteiger partial charge in [0.1, 0.15) is 23.7 Å². The summed E-state index contributed by atoms with van der Waals surface area (Å²) >= 11 is 0. The van der Waals surface area contributed by atoms with Crippen LogP contribution in [0.4, 0.5) is 11.8 Å². The molecule has 1 aliphatic carbocycles. The summed E-state index contributed by atoms with van der Waals surface area (Å²) in [6.45, 7) is 4.74. The number of aromatic nitrogens is 3. The van der Waals surface area contributed by atoms with Crippen molar-refractivity contribution in [1.29, 1.82) is 5.26 Å². The van der Waals surface area contributed by atoms with Gasteiger partial charge in [-0.15, -0.1) is 0 Å². The topological polar surface area (TPSA) is 120 Å². The number of nitrogens with zero attached hydrogens (tertiary/aromatic N) is 4. The summed E-state index contributed by atoms with van der Waals surface area (Å²) in [4.78, 5) is 8.66. The first-order chi connectivity index (χ1) is 12.5. The Balaban J connectivity index is 1.65. The average molecular weight is 356 g/mol. The molecule has 26 heavy (non-hydrogen) atoms. The van der Waals surface area contributed by atoms with Gasteiger partial charge in [0.15, 0.2) is 0 Å². The minimum absolute atomic E-state index is 0.158. The number of hydrogen-bond acceptors (Lipinski definition) is 8. The summed E-state index contributed by atoms with van der Waals surface area (Å²) in [5.74, 6) is 0.994.